The van der Waals surface area contributed by atoms with Crippen LogP contribution in [0.3, 0.4) is 0 Å². The minimum atomic E-state index is -0.948. The van der Waals surface area contributed by atoms with Crippen LogP contribution in [0, 0.1) is 0 Å². The molecule has 0 atom stereocenters. The number of aliphatic carboxylic acids is 1. The van der Waals surface area contributed by atoms with Crippen molar-refractivity contribution in [3.63, 3.8) is 0 Å². The van der Waals surface area contributed by atoms with E-state index in [-0.39, 0.29) is 24.4 Å². The monoisotopic (exact) mass is 206 g/mol. The molecule has 0 aliphatic heterocycles. The van der Waals surface area contributed by atoms with E-state index in [2.05, 4.69) is 17.5 Å². The van der Waals surface area contributed by atoms with Gasteiger partial charge in [0.15, 0.2) is 5.11 Å². The quantitative estimate of drug-likeness (QED) is 0.370. The summed E-state index contributed by atoms with van der Waals surface area (Å²) in [5, 5.41) is 18.4. The average molecular weight is 206 g/mol. The third-order valence-corrected chi connectivity index (χ3v) is 1.34. The summed E-state index contributed by atoms with van der Waals surface area (Å²) in [5.74, 6) is -1.37. The first-order valence-corrected chi connectivity index (χ1v) is 3.92. The third kappa shape index (κ3) is 7.16. The zero-order valence-electron chi connectivity index (χ0n) is 6.74. The lowest BCUT2D eigenvalue weighted by Crippen LogP contribution is -2.37. The van der Waals surface area contributed by atoms with Gasteiger partial charge >= 0.3 is 5.97 Å². The minimum absolute atomic E-state index is 0.0628. The van der Waals surface area contributed by atoms with E-state index in [0.29, 0.717) is 0 Å². The van der Waals surface area contributed by atoms with Crippen molar-refractivity contribution in [2.45, 2.75) is 19.3 Å². The van der Waals surface area contributed by atoms with E-state index in [1.165, 1.54) is 0 Å². The second-order valence-electron chi connectivity index (χ2n) is 2.24. The Balaban J connectivity index is 3.52. The number of carbonyl (C=O) groups is 2. The topological polar surface area (TPSA) is 98.7 Å². The minimum Gasteiger partial charge on any atom is -0.481 e. The second kappa shape index (κ2) is 6.32. The molecule has 0 rings (SSSR count). The van der Waals surface area contributed by atoms with Crippen LogP contribution >= 0.6 is 12.2 Å². The molecule has 0 fully saturated rings. The number of rotatable bonds is 4. The number of thiocarbonyl (C=S) groups is 1. The number of hydrogen-bond donors (Lipinski definition) is 4. The van der Waals surface area contributed by atoms with Gasteiger partial charge in [-0.25, -0.2) is 5.48 Å². The lowest BCUT2D eigenvalue weighted by Gasteiger charge is -2.03. The first kappa shape index (κ1) is 11.8. The van der Waals surface area contributed by atoms with Gasteiger partial charge in [-0.2, -0.15) is 0 Å². The summed E-state index contributed by atoms with van der Waals surface area (Å²) in [6.07, 6.45) is 0.246. The number of hydrogen-bond acceptors (Lipinski definition) is 4. The molecule has 0 spiro atoms. The third-order valence-electron chi connectivity index (χ3n) is 1.15. The SMILES string of the molecule is O=C(O)CCCC(=O)NC(=S)NO. The Morgan fingerprint density at radius 3 is 2.38 bits per heavy atom. The maximum Gasteiger partial charge on any atom is 0.303 e. The first-order valence-electron chi connectivity index (χ1n) is 3.52. The lowest BCUT2D eigenvalue weighted by molar-refractivity contribution is -0.137. The van der Waals surface area contributed by atoms with Crippen LogP contribution < -0.4 is 10.8 Å². The van der Waals surface area contributed by atoms with Gasteiger partial charge in [-0.15, -0.1) is 0 Å². The molecule has 13 heavy (non-hydrogen) atoms. The fourth-order valence-corrected chi connectivity index (χ4v) is 0.731. The predicted octanol–water partition coefficient (Wildman–Crippen LogP) is -0.379. The molecule has 7 heteroatoms. The van der Waals surface area contributed by atoms with Gasteiger partial charge in [-0.1, -0.05) is 0 Å². The summed E-state index contributed by atoms with van der Waals surface area (Å²) >= 11 is 4.42. The Kier molecular flexibility index (Phi) is 5.73. The molecule has 0 saturated carbocycles. The van der Waals surface area contributed by atoms with Crippen LogP contribution in [0.5, 0.6) is 0 Å². The van der Waals surface area contributed by atoms with Crippen LogP contribution in [0.15, 0.2) is 0 Å². The Morgan fingerprint density at radius 2 is 1.92 bits per heavy atom. The maximum absolute atomic E-state index is 10.9. The number of nitrogens with one attached hydrogen (secondary N) is 2. The van der Waals surface area contributed by atoms with Crippen molar-refractivity contribution in [1.29, 1.82) is 0 Å². The highest BCUT2D eigenvalue weighted by Gasteiger charge is 2.04. The number of carbonyl (C=O) groups excluding carboxylic acids is 1. The number of carboxylic acids is 1. The van der Waals surface area contributed by atoms with Crippen molar-refractivity contribution < 1.29 is 19.9 Å². The van der Waals surface area contributed by atoms with Crippen LogP contribution in [0.25, 0.3) is 0 Å². The summed E-state index contributed by atoms with van der Waals surface area (Å²) < 4.78 is 0. The molecule has 0 heterocycles. The summed E-state index contributed by atoms with van der Waals surface area (Å²) in [7, 11) is 0. The molecule has 0 saturated heterocycles. The van der Waals surface area contributed by atoms with Gasteiger partial charge in [0.2, 0.25) is 5.91 Å². The highest BCUT2D eigenvalue weighted by Crippen LogP contribution is 1.94. The lowest BCUT2D eigenvalue weighted by atomic mass is 10.2. The highest BCUT2D eigenvalue weighted by atomic mass is 32.1. The molecule has 0 aliphatic rings. The number of hydroxylamine groups is 1. The standard InChI is InChI=1S/C6H10N2O4S/c9-4(7-6(13)8-12)2-1-3-5(10)11/h12H,1-3H2,(H,10,11)(H2,7,8,9,13). The number of amides is 1. The molecule has 0 bridgehead atoms. The van der Waals surface area contributed by atoms with Gasteiger partial charge in [0.25, 0.3) is 0 Å². The fraction of sp³-hybridized carbons (Fsp3) is 0.500. The molecule has 0 aromatic carbocycles. The van der Waals surface area contributed by atoms with Crippen molar-refractivity contribution >= 4 is 29.2 Å². The summed E-state index contributed by atoms with van der Waals surface area (Å²) in [4.78, 5) is 20.9. The van der Waals surface area contributed by atoms with E-state index < -0.39 is 11.9 Å². The molecule has 1 amide bonds. The fourth-order valence-electron chi connectivity index (χ4n) is 0.617. The first-order chi connectivity index (χ1) is 6.06. The van der Waals surface area contributed by atoms with Crippen LogP contribution in [-0.2, 0) is 9.59 Å². The van der Waals surface area contributed by atoms with Gasteiger partial charge < -0.3 is 10.4 Å². The van der Waals surface area contributed by atoms with Gasteiger partial charge in [0, 0.05) is 12.8 Å². The summed E-state index contributed by atoms with van der Waals surface area (Å²) in [6.45, 7) is 0. The predicted molar refractivity (Wildman–Crippen MR) is 47.1 cm³/mol. The highest BCUT2D eigenvalue weighted by molar-refractivity contribution is 7.80. The Hall–Kier alpha value is -1.21. The molecule has 0 aliphatic carbocycles. The molecule has 0 radical (unpaired) electrons. The van der Waals surface area contributed by atoms with Crippen molar-refractivity contribution in [2.24, 2.45) is 0 Å². The van der Waals surface area contributed by atoms with E-state index >= 15 is 0 Å². The summed E-state index contributed by atoms with van der Waals surface area (Å²) in [5.41, 5.74) is 1.58. The van der Waals surface area contributed by atoms with Crippen molar-refractivity contribution in [2.75, 3.05) is 0 Å². The maximum atomic E-state index is 10.9. The van der Waals surface area contributed by atoms with E-state index in [1.807, 2.05) is 0 Å². The van der Waals surface area contributed by atoms with Crippen LogP contribution in [-0.4, -0.2) is 27.3 Å². The van der Waals surface area contributed by atoms with E-state index in [0.717, 1.165) is 0 Å². The molecular weight excluding hydrogens is 196 g/mol. The van der Waals surface area contributed by atoms with Gasteiger partial charge in [-0.05, 0) is 18.6 Å². The van der Waals surface area contributed by atoms with Crippen LogP contribution in [0.1, 0.15) is 19.3 Å². The second-order valence-corrected chi connectivity index (χ2v) is 2.64. The molecule has 0 aromatic rings. The zero-order chi connectivity index (χ0) is 10.3. The number of carboxylic acid groups (broad SMARTS) is 1. The van der Waals surface area contributed by atoms with E-state index in [1.54, 1.807) is 5.48 Å². The van der Waals surface area contributed by atoms with Crippen LogP contribution in [0.2, 0.25) is 0 Å². The van der Waals surface area contributed by atoms with E-state index in [9.17, 15) is 9.59 Å². The van der Waals surface area contributed by atoms with Crippen molar-refractivity contribution in [1.82, 2.24) is 10.8 Å². The summed E-state index contributed by atoms with van der Waals surface area (Å²) in [6, 6.07) is 0. The largest absolute Gasteiger partial charge is 0.481 e. The smallest absolute Gasteiger partial charge is 0.303 e. The molecule has 0 aromatic heterocycles. The van der Waals surface area contributed by atoms with Crippen molar-refractivity contribution in [3.8, 4) is 0 Å². The molecule has 0 unspecified atom stereocenters. The molecular formula is C6H10N2O4S. The van der Waals surface area contributed by atoms with Gasteiger partial charge in [0.05, 0.1) is 0 Å². The Labute approximate surface area is 79.9 Å². The van der Waals surface area contributed by atoms with Crippen LogP contribution in [0.4, 0.5) is 0 Å². The normalized spacial score (nSPS) is 9.00. The zero-order valence-corrected chi connectivity index (χ0v) is 7.56. The van der Waals surface area contributed by atoms with E-state index in [4.69, 9.17) is 10.3 Å². The molecule has 74 valence electrons. The Bertz CT molecular complexity index is 219. The van der Waals surface area contributed by atoms with Crippen molar-refractivity contribution in [3.05, 3.63) is 0 Å². The molecule has 6 nitrogen and oxygen atoms in total. The molecule has 4 N–H and O–H groups in total. The van der Waals surface area contributed by atoms with Gasteiger partial charge in [0.1, 0.15) is 0 Å². The average Bonchev–Trinajstić information content (AvgIpc) is 2.03. The van der Waals surface area contributed by atoms with Gasteiger partial charge in [-0.3, -0.25) is 14.8 Å². The Morgan fingerprint density at radius 1 is 1.31 bits per heavy atom.